The van der Waals surface area contributed by atoms with Crippen molar-refractivity contribution in [1.82, 2.24) is 4.90 Å². The summed E-state index contributed by atoms with van der Waals surface area (Å²) in [6.07, 6.45) is 4.94. The van der Waals surface area contributed by atoms with Crippen molar-refractivity contribution in [2.24, 2.45) is 5.92 Å². The fraction of sp³-hybridized carbons (Fsp3) is 0.818. The van der Waals surface area contributed by atoms with E-state index in [0.29, 0.717) is 19.0 Å². The lowest BCUT2D eigenvalue weighted by Gasteiger charge is -2.23. The average Bonchev–Trinajstić information content (AvgIpc) is 2.84. The molecule has 0 N–H and O–H groups in total. The van der Waals surface area contributed by atoms with Gasteiger partial charge >= 0.3 is 5.97 Å². The van der Waals surface area contributed by atoms with Gasteiger partial charge in [0.1, 0.15) is 0 Å². The van der Waals surface area contributed by atoms with E-state index in [2.05, 4.69) is 4.74 Å². The van der Waals surface area contributed by atoms with Crippen molar-refractivity contribution in [3.8, 4) is 0 Å². The molecule has 1 saturated heterocycles. The molecule has 1 aliphatic heterocycles. The molecule has 0 unspecified atom stereocenters. The smallest absolute Gasteiger partial charge is 0.310 e. The second kappa shape index (κ2) is 4.21. The van der Waals surface area contributed by atoms with E-state index in [1.807, 2.05) is 4.90 Å². The number of carbonyl (C=O) groups excluding carboxylic acids is 2. The van der Waals surface area contributed by atoms with Crippen molar-refractivity contribution in [3.63, 3.8) is 0 Å². The van der Waals surface area contributed by atoms with Crippen LogP contribution >= 0.6 is 0 Å². The minimum absolute atomic E-state index is 0.123. The maximum Gasteiger partial charge on any atom is 0.310 e. The Hall–Kier alpha value is -1.06. The Labute approximate surface area is 89.6 Å². The van der Waals surface area contributed by atoms with Crippen molar-refractivity contribution in [1.29, 1.82) is 0 Å². The minimum atomic E-state index is -0.246. The zero-order valence-corrected chi connectivity index (χ0v) is 9.07. The van der Waals surface area contributed by atoms with E-state index in [1.54, 1.807) is 0 Å². The van der Waals surface area contributed by atoms with Crippen molar-refractivity contribution < 1.29 is 14.3 Å². The maximum absolute atomic E-state index is 11.7. The van der Waals surface area contributed by atoms with Crippen LogP contribution in [0.4, 0.5) is 0 Å². The van der Waals surface area contributed by atoms with Crippen LogP contribution in [0.25, 0.3) is 0 Å². The number of likely N-dealkylation sites (tertiary alicyclic amines) is 1. The largest absolute Gasteiger partial charge is 0.469 e. The van der Waals surface area contributed by atoms with Crippen LogP contribution in [0.3, 0.4) is 0 Å². The molecule has 1 amide bonds. The van der Waals surface area contributed by atoms with Gasteiger partial charge in [0.05, 0.1) is 13.0 Å². The standard InChI is InChI=1S/C11H17NO3/c1-15-11(14)8-6-10(13)12(7-8)9-4-2-3-5-9/h8-9H,2-7H2,1H3/t8-/m0/s1. The molecule has 1 saturated carbocycles. The molecule has 84 valence electrons. The lowest BCUT2D eigenvalue weighted by atomic mass is 10.1. The third kappa shape index (κ3) is 1.98. The Morgan fingerprint density at radius 1 is 1.40 bits per heavy atom. The molecule has 2 aliphatic rings. The third-order valence-electron chi connectivity index (χ3n) is 3.46. The van der Waals surface area contributed by atoms with Gasteiger partial charge in [0.25, 0.3) is 0 Å². The normalized spacial score (nSPS) is 27.4. The second-order valence-electron chi connectivity index (χ2n) is 4.41. The molecule has 4 nitrogen and oxygen atoms in total. The number of hydrogen-bond donors (Lipinski definition) is 0. The highest BCUT2D eigenvalue weighted by molar-refractivity contribution is 5.87. The molecule has 0 aromatic rings. The summed E-state index contributed by atoms with van der Waals surface area (Å²) in [5, 5.41) is 0. The fourth-order valence-corrected chi connectivity index (χ4v) is 2.63. The molecule has 0 aromatic carbocycles. The molecule has 4 heteroatoms. The van der Waals surface area contributed by atoms with Crippen molar-refractivity contribution in [2.45, 2.75) is 38.1 Å². The first-order chi connectivity index (χ1) is 7.22. The highest BCUT2D eigenvalue weighted by Crippen LogP contribution is 2.29. The minimum Gasteiger partial charge on any atom is -0.469 e. The summed E-state index contributed by atoms with van der Waals surface area (Å²) in [6.45, 7) is 0.566. The number of hydrogen-bond acceptors (Lipinski definition) is 3. The molecule has 0 bridgehead atoms. The Morgan fingerprint density at radius 3 is 2.67 bits per heavy atom. The van der Waals surface area contributed by atoms with Gasteiger partial charge in [-0.15, -0.1) is 0 Å². The van der Waals surface area contributed by atoms with E-state index in [0.717, 1.165) is 12.8 Å². The number of ether oxygens (including phenoxy) is 1. The van der Waals surface area contributed by atoms with Gasteiger partial charge < -0.3 is 9.64 Å². The van der Waals surface area contributed by atoms with E-state index in [4.69, 9.17) is 0 Å². The molecule has 2 fully saturated rings. The van der Waals surface area contributed by atoms with Crippen LogP contribution in [0.2, 0.25) is 0 Å². The first kappa shape index (κ1) is 10.5. The van der Waals surface area contributed by atoms with Crippen LogP contribution in [0, 0.1) is 5.92 Å². The van der Waals surface area contributed by atoms with Crippen LogP contribution in [-0.2, 0) is 14.3 Å². The summed E-state index contributed by atoms with van der Waals surface area (Å²) >= 11 is 0. The van der Waals surface area contributed by atoms with Crippen LogP contribution in [0.5, 0.6) is 0 Å². The van der Waals surface area contributed by atoms with Crippen LogP contribution in [0.1, 0.15) is 32.1 Å². The molecule has 1 aliphatic carbocycles. The van der Waals surface area contributed by atoms with E-state index < -0.39 is 0 Å². The first-order valence-electron chi connectivity index (χ1n) is 5.59. The van der Waals surface area contributed by atoms with Gasteiger partial charge in [0.15, 0.2) is 0 Å². The molecule has 0 spiro atoms. The van der Waals surface area contributed by atoms with Gasteiger partial charge in [0, 0.05) is 19.0 Å². The van der Waals surface area contributed by atoms with Crippen LogP contribution < -0.4 is 0 Å². The topological polar surface area (TPSA) is 46.6 Å². The van der Waals surface area contributed by atoms with Gasteiger partial charge in [0.2, 0.25) is 5.91 Å². The second-order valence-corrected chi connectivity index (χ2v) is 4.41. The molecule has 1 atom stereocenters. The highest BCUT2D eigenvalue weighted by atomic mass is 16.5. The Morgan fingerprint density at radius 2 is 2.07 bits per heavy atom. The van der Waals surface area contributed by atoms with E-state index in [9.17, 15) is 9.59 Å². The molecular weight excluding hydrogens is 194 g/mol. The number of methoxy groups -OCH3 is 1. The number of esters is 1. The molecule has 15 heavy (non-hydrogen) atoms. The average molecular weight is 211 g/mol. The Kier molecular flexibility index (Phi) is 2.93. The van der Waals surface area contributed by atoms with E-state index >= 15 is 0 Å². The molecule has 1 heterocycles. The highest BCUT2D eigenvalue weighted by Gasteiger charge is 2.38. The van der Waals surface area contributed by atoms with Gasteiger partial charge in [-0.1, -0.05) is 12.8 Å². The van der Waals surface area contributed by atoms with Gasteiger partial charge in [-0.25, -0.2) is 0 Å². The lowest BCUT2D eigenvalue weighted by molar-refractivity contribution is -0.145. The number of rotatable bonds is 2. The number of carbonyl (C=O) groups is 2. The predicted molar refractivity (Wildman–Crippen MR) is 54.1 cm³/mol. The van der Waals surface area contributed by atoms with Crippen molar-refractivity contribution in [2.75, 3.05) is 13.7 Å². The maximum atomic E-state index is 11.7. The summed E-state index contributed by atoms with van der Waals surface area (Å²) in [5.41, 5.74) is 0. The van der Waals surface area contributed by atoms with Gasteiger partial charge in [-0.2, -0.15) is 0 Å². The fourth-order valence-electron chi connectivity index (χ4n) is 2.63. The monoisotopic (exact) mass is 211 g/mol. The SMILES string of the molecule is COC(=O)[C@H]1CC(=O)N(C2CCCC2)C1. The van der Waals surface area contributed by atoms with Crippen molar-refractivity contribution >= 4 is 11.9 Å². The third-order valence-corrected chi connectivity index (χ3v) is 3.46. The van der Waals surface area contributed by atoms with Gasteiger partial charge in [-0.3, -0.25) is 9.59 Å². The summed E-state index contributed by atoms with van der Waals surface area (Å²) < 4.78 is 4.68. The van der Waals surface area contributed by atoms with E-state index in [1.165, 1.54) is 20.0 Å². The molecule has 0 aromatic heterocycles. The predicted octanol–water partition coefficient (Wildman–Crippen LogP) is 0.950. The molecular formula is C11H17NO3. The first-order valence-corrected chi connectivity index (χ1v) is 5.59. The van der Waals surface area contributed by atoms with Gasteiger partial charge in [-0.05, 0) is 12.8 Å². The molecule has 0 radical (unpaired) electrons. The zero-order chi connectivity index (χ0) is 10.8. The lowest BCUT2D eigenvalue weighted by Crippen LogP contribution is -2.35. The number of nitrogens with zero attached hydrogens (tertiary/aromatic N) is 1. The summed E-state index contributed by atoms with van der Waals surface area (Å²) in [6, 6.07) is 0.382. The van der Waals surface area contributed by atoms with E-state index in [-0.39, 0.29) is 17.8 Å². The van der Waals surface area contributed by atoms with Crippen LogP contribution in [-0.4, -0.2) is 36.5 Å². The summed E-state index contributed by atoms with van der Waals surface area (Å²) in [5.74, 6) is -0.357. The zero-order valence-electron chi connectivity index (χ0n) is 9.07. The van der Waals surface area contributed by atoms with Crippen LogP contribution in [0.15, 0.2) is 0 Å². The summed E-state index contributed by atoms with van der Waals surface area (Å²) in [7, 11) is 1.38. The Bertz CT molecular complexity index is 271. The molecule has 2 rings (SSSR count). The summed E-state index contributed by atoms with van der Waals surface area (Å²) in [4.78, 5) is 24.9. The quantitative estimate of drug-likeness (QED) is 0.639. The Balaban J connectivity index is 1.97. The van der Waals surface area contributed by atoms with Crippen molar-refractivity contribution in [3.05, 3.63) is 0 Å². The number of amides is 1.